The lowest BCUT2D eigenvalue weighted by Gasteiger charge is -2.09. The summed E-state index contributed by atoms with van der Waals surface area (Å²) in [5.41, 5.74) is 7.96. The van der Waals surface area contributed by atoms with Crippen LogP contribution in [0.4, 0.5) is 11.4 Å². The van der Waals surface area contributed by atoms with E-state index in [-0.39, 0.29) is 5.91 Å². The highest BCUT2D eigenvalue weighted by Crippen LogP contribution is 2.26. The molecule has 3 N–H and O–H groups in total. The van der Waals surface area contributed by atoms with Crippen molar-refractivity contribution in [2.24, 2.45) is 0 Å². The molecule has 5 heteroatoms. The van der Waals surface area contributed by atoms with Gasteiger partial charge >= 0.3 is 0 Å². The number of carbonyl (C=O) groups excluding carboxylic acids is 1. The highest BCUT2D eigenvalue weighted by atomic mass is 35.5. The summed E-state index contributed by atoms with van der Waals surface area (Å²) in [5, 5.41) is 2.80. The molecule has 0 fully saturated rings. The molecule has 0 saturated heterocycles. The van der Waals surface area contributed by atoms with E-state index in [0.717, 1.165) is 5.56 Å². The number of anilines is 2. The molecule has 1 heterocycles. The number of hydrogen-bond donors (Lipinski definition) is 2. The van der Waals surface area contributed by atoms with E-state index in [1.807, 2.05) is 19.1 Å². The molecule has 0 saturated carbocycles. The lowest BCUT2D eigenvalue weighted by atomic mass is 10.1. The van der Waals surface area contributed by atoms with E-state index in [1.54, 1.807) is 18.2 Å². The van der Waals surface area contributed by atoms with Gasteiger partial charge in [-0.2, -0.15) is 0 Å². The molecule has 1 amide bonds. The number of nitrogens with two attached hydrogens (primary N) is 1. The Morgan fingerprint density at radius 3 is 2.71 bits per heavy atom. The van der Waals surface area contributed by atoms with Crippen LogP contribution in [0.15, 0.2) is 30.3 Å². The van der Waals surface area contributed by atoms with Crippen molar-refractivity contribution in [2.75, 3.05) is 11.1 Å². The van der Waals surface area contributed by atoms with Crippen LogP contribution in [0, 0.1) is 6.92 Å². The molecule has 0 spiro atoms. The van der Waals surface area contributed by atoms with Gasteiger partial charge in [0.2, 0.25) is 0 Å². The van der Waals surface area contributed by atoms with Gasteiger partial charge in [0.25, 0.3) is 5.91 Å². The smallest absolute Gasteiger partial charge is 0.265 e. The third kappa shape index (κ3) is 2.60. The number of para-hydroxylation sites is 1. The summed E-state index contributed by atoms with van der Waals surface area (Å²) < 4.78 is 0.591. The van der Waals surface area contributed by atoms with E-state index < -0.39 is 0 Å². The number of benzene rings is 1. The first-order valence-corrected chi connectivity index (χ1v) is 6.19. The van der Waals surface area contributed by atoms with Crippen molar-refractivity contribution in [1.82, 2.24) is 0 Å². The number of carbonyl (C=O) groups is 1. The average Bonchev–Trinajstić information content (AvgIpc) is 2.70. The number of nitrogen functional groups attached to an aromatic ring is 1. The minimum absolute atomic E-state index is 0.192. The first kappa shape index (κ1) is 12.0. The van der Waals surface area contributed by atoms with Crippen LogP contribution in [0.5, 0.6) is 0 Å². The largest absolute Gasteiger partial charge is 0.397 e. The van der Waals surface area contributed by atoms with Crippen LogP contribution in [0.1, 0.15) is 15.2 Å². The van der Waals surface area contributed by atoms with Crippen molar-refractivity contribution in [2.45, 2.75) is 6.92 Å². The molecular weight excluding hydrogens is 256 g/mol. The molecule has 0 atom stereocenters. The van der Waals surface area contributed by atoms with E-state index in [4.69, 9.17) is 17.3 Å². The summed E-state index contributed by atoms with van der Waals surface area (Å²) in [6.45, 7) is 1.90. The first-order chi connectivity index (χ1) is 8.08. The molecule has 0 aliphatic heterocycles. The second-order valence-electron chi connectivity index (χ2n) is 3.60. The van der Waals surface area contributed by atoms with Gasteiger partial charge in [0.05, 0.1) is 20.6 Å². The molecule has 88 valence electrons. The zero-order valence-corrected chi connectivity index (χ0v) is 10.7. The molecule has 2 rings (SSSR count). The SMILES string of the molecule is Cc1cccc(N)c1NC(=O)c1ccc(Cl)s1. The number of nitrogens with one attached hydrogen (secondary N) is 1. The van der Waals surface area contributed by atoms with Gasteiger partial charge in [0.1, 0.15) is 0 Å². The Morgan fingerprint density at radius 1 is 1.35 bits per heavy atom. The average molecular weight is 267 g/mol. The molecule has 0 aliphatic carbocycles. The van der Waals surface area contributed by atoms with Gasteiger partial charge in [-0.25, -0.2) is 0 Å². The third-order valence-electron chi connectivity index (χ3n) is 2.34. The molecule has 2 aromatic rings. The highest BCUT2D eigenvalue weighted by Gasteiger charge is 2.11. The Morgan fingerprint density at radius 2 is 2.12 bits per heavy atom. The van der Waals surface area contributed by atoms with Gasteiger partial charge in [-0.3, -0.25) is 4.79 Å². The summed E-state index contributed by atoms with van der Waals surface area (Å²) in [6, 6.07) is 8.89. The van der Waals surface area contributed by atoms with Crippen LogP contribution < -0.4 is 11.1 Å². The van der Waals surface area contributed by atoms with Gasteiger partial charge < -0.3 is 11.1 Å². The molecule has 17 heavy (non-hydrogen) atoms. The molecular formula is C12H11ClN2OS. The quantitative estimate of drug-likeness (QED) is 0.817. The van der Waals surface area contributed by atoms with Crippen LogP contribution >= 0.6 is 22.9 Å². The van der Waals surface area contributed by atoms with E-state index in [0.29, 0.717) is 20.6 Å². The van der Waals surface area contributed by atoms with Crippen LogP contribution in [0.2, 0.25) is 4.34 Å². The summed E-state index contributed by atoms with van der Waals surface area (Å²) >= 11 is 7.02. The van der Waals surface area contributed by atoms with Gasteiger partial charge in [-0.15, -0.1) is 11.3 Å². The predicted octanol–water partition coefficient (Wildman–Crippen LogP) is 3.54. The van der Waals surface area contributed by atoms with Crippen LogP contribution in [0.25, 0.3) is 0 Å². The highest BCUT2D eigenvalue weighted by molar-refractivity contribution is 7.18. The van der Waals surface area contributed by atoms with Gasteiger partial charge in [-0.05, 0) is 30.7 Å². The number of hydrogen-bond acceptors (Lipinski definition) is 3. The van der Waals surface area contributed by atoms with E-state index in [2.05, 4.69) is 5.32 Å². The van der Waals surface area contributed by atoms with E-state index in [9.17, 15) is 4.79 Å². The maximum absolute atomic E-state index is 11.9. The number of aryl methyl sites for hydroxylation is 1. The molecule has 1 aromatic carbocycles. The van der Waals surface area contributed by atoms with Crippen molar-refractivity contribution in [1.29, 1.82) is 0 Å². The van der Waals surface area contributed by atoms with Gasteiger partial charge in [0.15, 0.2) is 0 Å². The fourth-order valence-electron chi connectivity index (χ4n) is 1.47. The number of amides is 1. The summed E-state index contributed by atoms with van der Waals surface area (Å²) in [7, 11) is 0. The molecule has 0 bridgehead atoms. The summed E-state index contributed by atoms with van der Waals surface area (Å²) in [4.78, 5) is 12.5. The summed E-state index contributed by atoms with van der Waals surface area (Å²) in [6.07, 6.45) is 0. The number of thiophene rings is 1. The molecule has 1 aromatic heterocycles. The third-order valence-corrected chi connectivity index (χ3v) is 3.57. The Bertz CT molecular complexity index is 545. The van der Waals surface area contributed by atoms with Crippen LogP contribution in [0.3, 0.4) is 0 Å². The van der Waals surface area contributed by atoms with Crippen LogP contribution in [-0.4, -0.2) is 5.91 Å². The normalized spacial score (nSPS) is 10.2. The van der Waals surface area contributed by atoms with Crippen LogP contribution in [-0.2, 0) is 0 Å². The van der Waals surface area contributed by atoms with Gasteiger partial charge in [0, 0.05) is 0 Å². The predicted molar refractivity (Wildman–Crippen MR) is 72.9 cm³/mol. The lowest BCUT2D eigenvalue weighted by Crippen LogP contribution is -2.12. The van der Waals surface area contributed by atoms with Crippen molar-refractivity contribution >= 4 is 40.2 Å². The lowest BCUT2D eigenvalue weighted by molar-refractivity contribution is 0.103. The minimum Gasteiger partial charge on any atom is -0.397 e. The second-order valence-corrected chi connectivity index (χ2v) is 5.31. The van der Waals surface area contributed by atoms with E-state index >= 15 is 0 Å². The van der Waals surface area contributed by atoms with Crippen molar-refractivity contribution in [3.8, 4) is 0 Å². The van der Waals surface area contributed by atoms with Crippen molar-refractivity contribution in [3.05, 3.63) is 45.1 Å². The molecule has 0 unspecified atom stereocenters. The molecule has 0 aliphatic rings. The number of rotatable bonds is 2. The fourth-order valence-corrected chi connectivity index (χ4v) is 2.41. The number of halogens is 1. The molecule has 0 radical (unpaired) electrons. The first-order valence-electron chi connectivity index (χ1n) is 4.99. The second kappa shape index (κ2) is 4.77. The Kier molecular flexibility index (Phi) is 3.36. The Hall–Kier alpha value is -1.52. The van der Waals surface area contributed by atoms with Crippen molar-refractivity contribution in [3.63, 3.8) is 0 Å². The maximum Gasteiger partial charge on any atom is 0.265 e. The zero-order chi connectivity index (χ0) is 12.4. The fraction of sp³-hybridized carbons (Fsp3) is 0.0833. The van der Waals surface area contributed by atoms with E-state index in [1.165, 1.54) is 11.3 Å². The topological polar surface area (TPSA) is 55.1 Å². The molecule has 3 nitrogen and oxygen atoms in total. The monoisotopic (exact) mass is 266 g/mol. The van der Waals surface area contributed by atoms with Gasteiger partial charge in [-0.1, -0.05) is 23.7 Å². The summed E-state index contributed by atoms with van der Waals surface area (Å²) in [5.74, 6) is -0.192. The zero-order valence-electron chi connectivity index (χ0n) is 9.16. The minimum atomic E-state index is -0.192. The Labute approximate surface area is 108 Å². The maximum atomic E-state index is 11.9. The van der Waals surface area contributed by atoms with Crippen molar-refractivity contribution < 1.29 is 4.79 Å². The standard InChI is InChI=1S/C12H11ClN2OS/c1-7-3-2-4-8(14)11(7)15-12(16)9-5-6-10(13)17-9/h2-6H,14H2,1H3,(H,15,16). The Balaban J connectivity index is 2.24.